The van der Waals surface area contributed by atoms with Crippen LogP contribution in [0.4, 0.5) is 9.18 Å². The molecule has 1 rings (SSSR count). The van der Waals surface area contributed by atoms with Crippen molar-refractivity contribution in [3.05, 3.63) is 35.9 Å². The monoisotopic (exact) mass is 239 g/mol. The minimum atomic E-state index is -0.581. The molecule has 1 aromatic rings. The standard InChI is InChI=1S/C13H18FNO2/c1-13(2,8-9-14)15-12(16)17-10-11-6-4-3-5-7-11/h3-7H,8-10H2,1-2H3,(H,15,16). The second kappa shape index (κ2) is 6.23. The molecule has 1 aromatic carbocycles. The number of carbonyl (C=O) groups excluding carboxylic acids is 1. The Labute approximate surface area is 101 Å². The molecule has 0 aliphatic heterocycles. The molecular formula is C13H18FNO2. The minimum Gasteiger partial charge on any atom is -0.445 e. The topological polar surface area (TPSA) is 38.3 Å². The number of nitrogens with one attached hydrogen (secondary N) is 1. The smallest absolute Gasteiger partial charge is 0.407 e. The number of benzene rings is 1. The van der Waals surface area contributed by atoms with E-state index < -0.39 is 18.3 Å². The molecule has 0 bridgehead atoms. The summed E-state index contributed by atoms with van der Waals surface area (Å²) in [5.74, 6) is 0. The summed E-state index contributed by atoms with van der Waals surface area (Å²) in [6, 6.07) is 9.40. The lowest BCUT2D eigenvalue weighted by Crippen LogP contribution is -2.43. The number of hydrogen-bond acceptors (Lipinski definition) is 2. The first-order chi connectivity index (χ1) is 8.03. The van der Waals surface area contributed by atoms with Gasteiger partial charge in [-0.25, -0.2) is 4.79 Å². The first-order valence-corrected chi connectivity index (χ1v) is 5.58. The van der Waals surface area contributed by atoms with Gasteiger partial charge in [0.2, 0.25) is 0 Å². The fraction of sp³-hybridized carbons (Fsp3) is 0.462. The molecule has 0 aliphatic rings. The van der Waals surface area contributed by atoms with Crippen LogP contribution >= 0.6 is 0 Å². The van der Waals surface area contributed by atoms with Crippen molar-refractivity contribution in [2.45, 2.75) is 32.4 Å². The number of rotatable bonds is 5. The third-order valence-electron chi connectivity index (χ3n) is 2.37. The Morgan fingerprint density at radius 3 is 2.59 bits per heavy atom. The summed E-state index contributed by atoms with van der Waals surface area (Å²) in [5.41, 5.74) is 0.341. The molecule has 0 atom stereocenters. The molecule has 1 N–H and O–H groups in total. The van der Waals surface area contributed by atoms with Gasteiger partial charge in [0, 0.05) is 5.54 Å². The van der Waals surface area contributed by atoms with Gasteiger partial charge < -0.3 is 10.1 Å². The highest BCUT2D eigenvalue weighted by Crippen LogP contribution is 2.09. The molecular weight excluding hydrogens is 221 g/mol. The predicted octanol–water partition coefficient (Wildman–Crippen LogP) is 3.05. The van der Waals surface area contributed by atoms with E-state index in [9.17, 15) is 9.18 Å². The maximum atomic E-state index is 12.2. The second-order valence-electron chi connectivity index (χ2n) is 4.51. The van der Waals surface area contributed by atoms with Gasteiger partial charge in [0.05, 0.1) is 6.67 Å². The predicted molar refractivity (Wildman–Crippen MR) is 64.4 cm³/mol. The fourth-order valence-electron chi connectivity index (χ4n) is 1.33. The van der Waals surface area contributed by atoms with Crippen molar-refractivity contribution < 1.29 is 13.9 Å². The number of alkyl halides is 1. The van der Waals surface area contributed by atoms with Crippen LogP contribution in [0, 0.1) is 0 Å². The van der Waals surface area contributed by atoms with Gasteiger partial charge in [-0.15, -0.1) is 0 Å². The van der Waals surface area contributed by atoms with E-state index in [0.717, 1.165) is 5.56 Å². The van der Waals surface area contributed by atoms with Gasteiger partial charge in [-0.2, -0.15) is 0 Å². The van der Waals surface area contributed by atoms with Gasteiger partial charge in [0.1, 0.15) is 6.61 Å². The maximum absolute atomic E-state index is 12.2. The average Bonchev–Trinajstić information content (AvgIpc) is 2.27. The second-order valence-corrected chi connectivity index (χ2v) is 4.51. The zero-order valence-electron chi connectivity index (χ0n) is 10.2. The Morgan fingerprint density at radius 1 is 1.35 bits per heavy atom. The van der Waals surface area contributed by atoms with Crippen LogP contribution in [0.15, 0.2) is 30.3 Å². The van der Waals surface area contributed by atoms with Gasteiger partial charge in [-0.3, -0.25) is 4.39 Å². The third-order valence-corrected chi connectivity index (χ3v) is 2.37. The van der Waals surface area contributed by atoms with E-state index in [-0.39, 0.29) is 13.0 Å². The van der Waals surface area contributed by atoms with Crippen molar-refractivity contribution in [1.82, 2.24) is 5.32 Å². The number of halogens is 1. The number of alkyl carbamates (subject to hydrolysis) is 1. The molecule has 0 saturated heterocycles. The van der Waals surface area contributed by atoms with E-state index >= 15 is 0 Å². The lowest BCUT2D eigenvalue weighted by molar-refractivity contribution is 0.127. The molecule has 17 heavy (non-hydrogen) atoms. The van der Waals surface area contributed by atoms with Crippen LogP contribution in [0.1, 0.15) is 25.8 Å². The van der Waals surface area contributed by atoms with Crippen molar-refractivity contribution in [2.75, 3.05) is 6.67 Å². The Kier molecular flexibility index (Phi) is 4.94. The third kappa shape index (κ3) is 5.33. The van der Waals surface area contributed by atoms with Crippen molar-refractivity contribution in [2.24, 2.45) is 0 Å². The van der Waals surface area contributed by atoms with Crippen LogP contribution < -0.4 is 5.32 Å². The highest BCUT2D eigenvalue weighted by molar-refractivity contribution is 5.68. The SMILES string of the molecule is CC(C)(CCF)NC(=O)OCc1ccccc1. The summed E-state index contributed by atoms with van der Waals surface area (Å²) in [6.45, 7) is 3.27. The van der Waals surface area contributed by atoms with Gasteiger partial charge >= 0.3 is 6.09 Å². The molecule has 0 saturated carbocycles. The largest absolute Gasteiger partial charge is 0.445 e. The molecule has 0 aliphatic carbocycles. The summed E-state index contributed by atoms with van der Waals surface area (Å²) in [4.78, 5) is 11.5. The lowest BCUT2D eigenvalue weighted by Gasteiger charge is -2.24. The molecule has 0 radical (unpaired) electrons. The van der Waals surface area contributed by atoms with Crippen LogP contribution in [-0.4, -0.2) is 18.3 Å². The average molecular weight is 239 g/mol. The fourth-order valence-corrected chi connectivity index (χ4v) is 1.33. The van der Waals surface area contributed by atoms with E-state index in [1.807, 2.05) is 30.3 Å². The molecule has 0 unspecified atom stereocenters. The normalized spacial score (nSPS) is 11.0. The van der Waals surface area contributed by atoms with E-state index in [1.165, 1.54) is 0 Å². The van der Waals surface area contributed by atoms with Gasteiger partial charge in [0.25, 0.3) is 0 Å². The van der Waals surface area contributed by atoms with E-state index in [4.69, 9.17) is 4.74 Å². The Bertz CT molecular complexity index is 352. The lowest BCUT2D eigenvalue weighted by atomic mass is 10.0. The summed E-state index contributed by atoms with van der Waals surface area (Å²) >= 11 is 0. The molecule has 0 fully saturated rings. The quantitative estimate of drug-likeness (QED) is 0.857. The van der Waals surface area contributed by atoms with Crippen molar-refractivity contribution in [1.29, 1.82) is 0 Å². The Hall–Kier alpha value is -1.58. The molecule has 3 nitrogen and oxygen atoms in total. The summed E-state index contributed by atoms with van der Waals surface area (Å²) in [6.07, 6.45) is -0.250. The van der Waals surface area contributed by atoms with Gasteiger partial charge in [0.15, 0.2) is 0 Å². The number of carbonyl (C=O) groups is 1. The van der Waals surface area contributed by atoms with Crippen LogP contribution in [0.25, 0.3) is 0 Å². The van der Waals surface area contributed by atoms with E-state index in [1.54, 1.807) is 13.8 Å². The highest BCUT2D eigenvalue weighted by atomic mass is 19.1. The van der Waals surface area contributed by atoms with E-state index in [0.29, 0.717) is 0 Å². The van der Waals surface area contributed by atoms with Crippen LogP contribution in [0.5, 0.6) is 0 Å². The van der Waals surface area contributed by atoms with Crippen LogP contribution in [0.3, 0.4) is 0 Å². The molecule has 0 heterocycles. The Morgan fingerprint density at radius 2 is 2.00 bits per heavy atom. The summed E-state index contributed by atoms with van der Waals surface area (Å²) < 4.78 is 17.2. The van der Waals surface area contributed by atoms with Gasteiger partial charge in [-0.05, 0) is 25.8 Å². The number of ether oxygens (including phenoxy) is 1. The summed E-state index contributed by atoms with van der Waals surface area (Å²) in [7, 11) is 0. The van der Waals surface area contributed by atoms with Crippen molar-refractivity contribution in [3.63, 3.8) is 0 Å². The Balaban J connectivity index is 2.35. The zero-order chi connectivity index (χ0) is 12.7. The zero-order valence-corrected chi connectivity index (χ0v) is 10.2. The molecule has 0 aromatic heterocycles. The first-order valence-electron chi connectivity index (χ1n) is 5.58. The highest BCUT2D eigenvalue weighted by Gasteiger charge is 2.20. The van der Waals surface area contributed by atoms with Crippen molar-refractivity contribution in [3.8, 4) is 0 Å². The maximum Gasteiger partial charge on any atom is 0.407 e. The van der Waals surface area contributed by atoms with Gasteiger partial charge in [-0.1, -0.05) is 30.3 Å². The van der Waals surface area contributed by atoms with E-state index in [2.05, 4.69) is 5.32 Å². The minimum absolute atomic E-state index is 0.221. The number of amides is 1. The van der Waals surface area contributed by atoms with Crippen LogP contribution in [-0.2, 0) is 11.3 Å². The molecule has 1 amide bonds. The summed E-state index contributed by atoms with van der Waals surface area (Å²) in [5, 5.41) is 2.63. The number of hydrogen-bond donors (Lipinski definition) is 1. The molecule has 4 heteroatoms. The molecule has 94 valence electrons. The first kappa shape index (κ1) is 13.5. The van der Waals surface area contributed by atoms with Crippen LogP contribution in [0.2, 0.25) is 0 Å². The van der Waals surface area contributed by atoms with Crippen molar-refractivity contribution >= 4 is 6.09 Å². The molecule has 0 spiro atoms.